The lowest BCUT2D eigenvalue weighted by Crippen LogP contribution is -2.29. The molecular weight excluding hydrogens is 452 g/mol. The summed E-state index contributed by atoms with van der Waals surface area (Å²) >= 11 is 0. The zero-order chi connectivity index (χ0) is 24.6. The molecule has 0 saturated heterocycles. The Kier molecular flexibility index (Phi) is 5.60. The summed E-state index contributed by atoms with van der Waals surface area (Å²) in [6, 6.07) is 19.9. The van der Waals surface area contributed by atoms with E-state index in [2.05, 4.69) is 5.32 Å². The molecule has 1 N–H and O–H groups in total. The summed E-state index contributed by atoms with van der Waals surface area (Å²) in [5, 5.41) is 3.42. The molecule has 0 atom stereocenters. The van der Waals surface area contributed by atoms with Crippen LogP contribution in [0.15, 0.2) is 71.5 Å². The van der Waals surface area contributed by atoms with Crippen molar-refractivity contribution in [1.29, 1.82) is 0 Å². The second kappa shape index (κ2) is 9.07. The highest BCUT2D eigenvalue weighted by molar-refractivity contribution is 6.09. The van der Waals surface area contributed by atoms with Crippen molar-refractivity contribution in [2.75, 3.05) is 16.8 Å². The van der Waals surface area contributed by atoms with Crippen LogP contribution < -0.4 is 15.8 Å². The van der Waals surface area contributed by atoms with Crippen LogP contribution in [0.2, 0.25) is 0 Å². The number of anilines is 2. The molecule has 0 unspecified atom stereocenters. The third-order valence-electron chi connectivity index (χ3n) is 7.08. The minimum absolute atomic E-state index is 0.0430. The second-order valence-electron chi connectivity index (χ2n) is 9.40. The van der Waals surface area contributed by atoms with Crippen LogP contribution in [0.25, 0.3) is 10.9 Å². The molecule has 0 bridgehead atoms. The maximum Gasteiger partial charge on any atom is 0.261 e. The normalized spacial score (nSPS) is 14.7. The van der Waals surface area contributed by atoms with Gasteiger partial charge in [0.05, 0.1) is 10.9 Å². The number of carbonyl (C=O) groups excluding carboxylic acids is 2. The van der Waals surface area contributed by atoms with Gasteiger partial charge in [0.1, 0.15) is 5.82 Å². The molecule has 2 aliphatic rings. The predicted molar refractivity (Wildman–Crippen MR) is 140 cm³/mol. The number of para-hydroxylation sites is 1. The molecular formula is C29H26N4O3. The van der Waals surface area contributed by atoms with E-state index in [1.54, 1.807) is 51.9 Å². The van der Waals surface area contributed by atoms with Crippen LogP contribution >= 0.6 is 0 Å². The average Bonchev–Trinajstić information content (AvgIpc) is 3.19. The van der Waals surface area contributed by atoms with Crippen molar-refractivity contribution in [3.8, 4) is 0 Å². The molecule has 6 rings (SSSR count). The van der Waals surface area contributed by atoms with E-state index in [0.717, 1.165) is 49.2 Å². The first-order valence-electron chi connectivity index (χ1n) is 12.4. The summed E-state index contributed by atoms with van der Waals surface area (Å²) < 4.78 is 1.77. The fraction of sp³-hybridized carbons (Fsp3) is 0.241. The lowest BCUT2D eigenvalue weighted by atomic mass is 10.1. The van der Waals surface area contributed by atoms with Crippen molar-refractivity contribution >= 4 is 34.1 Å². The molecule has 7 nitrogen and oxygen atoms in total. The van der Waals surface area contributed by atoms with Gasteiger partial charge in [-0.25, -0.2) is 4.98 Å². The van der Waals surface area contributed by atoms with Gasteiger partial charge in [0.15, 0.2) is 0 Å². The first-order chi connectivity index (χ1) is 17.6. The number of amides is 2. The number of fused-ring (bicyclic) bond motifs is 3. The number of benzene rings is 3. The molecule has 2 aliphatic heterocycles. The van der Waals surface area contributed by atoms with Crippen LogP contribution in [-0.4, -0.2) is 27.9 Å². The monoisotopic (exact) mass is 478 g/mol. The van der Waals surface area contributed by atoms with E-state index in [4.69, 9.17) is 4.98 Å². The number of aryl methyl sites for hydroxylation is 1. The molecule has 0 fully saturated rings. The van der Waals surface area contributed by atoms with Gasteiger partial charge in [-0.2, -0.15) is 0 Å². The summed E-state index contributed by atoms with van der Waals surface area (Å²) in [6.07, 6.45) is 4.67. The molecule has 0 saturated carbocycles. The maximum atomic E-state index is 13.2. The number of carbonyl (C=O) groups is 2. The Morgan fingerprint density at radius 3 is 2.64 bits per heavy atom. The Morgan fingerprint density at radius 1 is 0.833 bits per heavy atom. The Labute approximate surface area is 208 Å². The van der Waals surface area contributed by atoms with Gasteiger partial charge in [0, 0.05) is 42.0 Å². The van der Waals surface area contributed by atoms with Crippen molar-refractivity contribution < 1.29 is 9.59 Å². The van der Waals surface area contributed by atoms with Crippen LogP contribution in [0, 0.1) is 0 Å². The molecule has 7 heteroatoms. The summed E-state index contributed by atoms with van der Waals surface area (Å²) in [5.74, 6) is 0.384. The molecule has 2 amide bonds. The highest BCUT2D eigenvalue weighted by Crippen LogP contribution is 2.29. The third-order valence-corrected chi connectivity index (χ3v) is 7.08. The quantitative estimate of drug-likeness (QED) is 0.467. The van der Waals surface area contributed by atoms with Crippen molar-refractivity contribution in [2.24, 2.45) is 0 Å². The topological polar surface area (TPSA) is 84.3 Å². The lowest BCUT2D eigenvalue weighted by Gasteiger charge is -2.18. The van der Waals surface area contributed by atoms with E-state index in [1.165, 1.54) is 0 Å². The number of aromatic nitrogens is 2. The highest BCUT2D eigenvalue weighted by Gasteiger charge is 2.25. The second-order valence-corrected chi connectivity index (χ2v) is 9.40. The van der Waals surface area contributed by atoms with E-state index in [-0.39, 0.29) is 17.4 Å². The molecule has 180 valence electrons. The average molecular weight is 479 g/mol. The van der Waals surface area contributed by atoms with E-state index in [9.17, 15) is 14.4 Å². The Morgan fingerprint density at radius 2 is 1.72 bits per heavy atom. The zero-order valence-electron chi connectivity index (χ0n) is 19.9. The molecule has 0 spiro atoms. The van der Waals surface area contributed by atoms with Gasteiger partial charge in [0.2, 0.25) is 0 Å². The fourth-order valence-electron chi connectivity index (χ4n) is 5.20. The maximum absolute atomic E-state index is 13.2. The summed E-state index contributed by atoms with van der Waals surface area (Å²) in [4.78, 5) is 45.8. The summed E-state index contributed by atoms with van der Waals surface area (Å²) in [6.45, 7) is 1.33. The van der Waals surface area contributed by atoms with Crippen LogP contribution in [0.1, 0.15) is 51.4 Å². The molecule has 0 radical (unpaired) electrons. The van der Waals surface area contributed by atoms with Gasteiger partial charge in [-0.3, -0.25) is 19.0 Å². The number of nitrogens with one attached hydrogen (secondary N) is 1. The predicted octanol–water partition coefficient (Wildman–Crippen LogP) is 4.58. The minimum Gasteiger partial charge on any atom is -0.322 e. The SMILES string of the molecule is O=C(Nc1cccc(C(=O)N2CCc3ccccc32)c1)c1ccc2c(=O)n3c(nc2c1)CCCCC3. The highest BCUT2D eigenvalue weighted by atomic mass is 16.2. The lowest BCUT2D eigenvalue weighted by molar-refractivity contribution is 0.0986. The van der Waals surface area contributed by atoms with E-state index >= 15 is 0 Å². The smallest absolute Gasteiger partial charge is 0.261 e. The summed E-state index contributed by atoms with van der Waals surface area (Å²) in [7, 11) is 0. The number of hydrogen-bond donors (Lipinski definition) is 1. The van der Waals surface area contributed by atoms with E-state index in [0.29, 0.717) is 40.8 Å². The number of hydrogen-bond acceptors (Lipinski definition) is 4. The van der Waals surface area contributed by atoms with Crippen LogP contribution in [0.4, 0.5) is 11.4 Å². The molecule has 36 heavy (non-hydrogen) atoms. The zero-order valence-corrected chi connectivity index (χ0v) is 19.9. The van der Waals surface area contributed by atoms with Crippen molar-refractivity contribution in [1.82, 2.24) is 9.55 Å². The fourth-order valence-corrected chi connectivity index (χ4v) is 5.20. The third kappa shape index (κ3) is 3.96. The molecule has 3 aromatic carbocycles. The van der Waals surface area contributed by atoms with Crippen LogP contribution in [-0.2, 0) is 19.4 Å². The molecule has 1 aromatic heterocycles. The van der Waals surface area contributed by atoms with Gasteiger partial charge < -0.3 is 10.2 Å². The molecule has 0 aliphatic carbocycles. The largest absolute Gasteiger partial charge is 0.322 e. The van der Waals surface area contributed by atoms with Gasteiger partial charge >= 0.3 is 0 Å². The van der Waals surface area contributed by atoms with Crippen molar-refractivity contribution in [3.63, 3.8) is 0 Å². The van der Waals surface area contributed by atoms with Crippen molar-refractivity contribution in [2.45, 2.75) is 38.6 Å². The Bertz CT molecular complexity index is 1570. The van der Waals surface area contributed by atoms with Crippen molar-refractivity contribution in [3.05, 3.63) is 99.6 Å². The van der Waals surface area contributed by atoms with E-state index < -0.39 is 0 Å². The van der Waals surface area contributed by atoms with Crippen LogP contribution in [0.5, 0.6) is 0 Å². The summed E-state index contributed by atoms with van der Waals surface area (Å²) in [5.41, 5.74) is 4.06. The van der Waals surface area contributed by atoms with Gasteiger partial charge in [-0.15, -0.1) is 0 Å². The Hall–Kier alpha value is -4.26. The Balaban J connectivity index is 1.25. The first-order valence-corrected chi connectivity index (χ1v) is 12.4. The van der Waals surface area contributed by atoms with Crippen LogP contribution in [0.3, 0.4) is 0 Å². The first kappa shape index (κ1) is 22.2. The number of rotatable bonds is 3. The standard InChI is InChI=1S/C29H26N4O3/c34-27(20-12-13-23-24(18-20)31-26-11-2-1-5-15-33(26)29(23)36)30-22-9-6-8-21(17-22)28(35)32-16-14-19-7-3-4-10-25(19)32/h3-4,6-10,12-13,17-18H,1-2,5,11,14-16H2,(H,30,34). The molecule has 3 heterocycles. The number of nitrogens with zero attached hydrogens (tertiary/aromatic N) is 3. The van der Waals surface area contributed by atoms with Gasteiger partial charge in [-0.1, -0.05) is 30.7 Å². The van der Waals surface area contributed by atoms with E-state index in [1.807, 2.05) is 24.3 Å². The molecule has 4 aromatic rings. The minimum atomic E-state index is -0.315. The van der Waals surface area contributed by atoms with Gasteiger partial charge in [-0.05, 0) is 67.3 Å². The van der Waals surface area contributed by atoms with Gasteiger partial charge in [0.25, 0.3) is 17.4 Å².